The number of carbonyl (C=O) groups is 3. The van der Waals surface area contributed by atoms with Crippen LogP contribution in [0.5, 0.6) is 5.75 Å². The number of para-hydroxylation sites is 1. The van der Waals surface area contributed by atoms with Crippen LogP contribution in [0.1, 0.15) is 37.0 Å². The Morgan fingerprint density at radius 2 is 1.62 bits per heavy atom. The summed E-state index contributed by atoms with van der Waals surface area (Å²) in [7, 11) is 0. The maximum atomic E-state index is 12.7. The van der Waals surface area contributed by atoms with E-state index in [1.165, 1.54) is 6.92 Å². The van der Waals surface area contributed by atoms with Crippen molar-refractivity contribution in [3.8, 4) is 5.75 Å². The molecule has 0 unspecified atom stereocenters. The summed E-state index contributed by atoms with van der Waals surface area (Å²) in [5, 5.41) is 2.93. The topological polar surface area (TPSA) is 75.7 Å². The number of anilines is 1. The van der Waals surface area contributed by atoms with Gasteiger partial charge in [-0.3, -0.25) is 14.4 Å². The van der Waals surface area contributed by atoms with Gasteiger partial charge in [-0.1, -0.05) is 18.2 Å². The van der Waals surface area contributed by atoms with Crippen molar-refractivity contribution in [2.24, 2.45) is 5.92 Å². The Morgan fingerprint density at radius 1 is 1.00 bits per heavy atom. The van der Waals surface area contributed by atoms with Crippen molar-refractivity contribution in [2.75, 3.05) is 18.4 Å². The molecular weight excluding hydrogens is 368 g/mol. The van der Waals surface area contributed by atoms with Crippen LogP contribution in [-0.2, 0) is 9.59 Å². The Labute approximate surface area is 170 Å². The molecule has 1 atom stereocenters. The highest BCUT2D eigenvalue weighted by Gasteiger charge is 2.30. The van der Waals surface area contributed by atoms with E-state index in [2.05, 4.69) is 5.32 Å². The van der Waals surface area contributed by atoms with Crippen LogP contribution in [0.2, 0.25) is 0 Å². The molecule has 2 aromatic rings. The first-order chi connectivity index (χ1) is 13.9. The number of amides is 2. The van der Waals surface area contributed by atoms with E-state index in [4.69, 9.17) is 4.74 Å². The zero-order valence-electron chi connectivity index (χ0n) is 16.8. The van der Waals surface area contributed by atoms with E-state index in [9.17, 15) is 14.4 Å². The van der Waals surface area contributed by atoms with E-state index in [1.807, 2.05) is 30.3 Å². The number of Topliss-reactive ketones (excluding diaryl/α,β-unsaturated/α-hetero) is 1. The molecule has 6 heteroatoms. The number of nitrogens with zero attached hydrogens (tertiary/aromatic N) is 1. The molecule has 0 aromatic heterocycles. The quantitative estimate of drug-likeness (QED) is 0.761. The van der Waals surface area contributed by atoms with Crippen molar-refractivity contribution in [2.45, 2.75) is 32.8 Å². The molecule has 0 radical (unpaired) electrons. The van der Waals surface area contributed by atoms with Crippen LogP contribution in [0.25, 0.3) is 0 Å². The monoisotopic (exact) mass is 394 g/mol. The highest BCUT2D eigenvalue weighted by molar-refractivity contribution is 5.94. The summed E-state index contributed by atoms with van der Waals surface area (Å²) < 4.78 is 5.74. The second kappa shape index (κ2) is 9.37. The predicted octanol–water partition coefficient (Wildman–Crippen LogP) is 3.53. The van der Waals surface area contributed by atoms with E-state index in [-0.39, 0.29) is 23.5 Å². The van der Waals surface area contributed by atoms with Crippen molar-refractivity contribution in [3.63, 3.8) is 0 Å². The van der Waals surface area contributed by atoms with Gasteiger partial charge in [0.2, 0.25) is 5.91 Å². The number of piperidine rings is 1. The molecule has 1 saturated heterocycles. The smallest absolute Gasteiger partial charge is 0.263 e. The zero-order chi connectivity index (χ0) is 20.8. The summed E-state index contributed by atoms with van der Waals surface area (Å²) in [6, 6.07) is 16.1. The fourth-order valence-corrected chi connectivity index (χ4v) is 3.41. The average Bonchev–Trinajstić information content (AvgIpc) is 2.74. The van der Waals surface area contributed by atoms with Gasteiger partial charge in [-0.25, -0.2) is 0 Å². The molecule has 152 valence electrons. The molecule has 29 heavy (non-hydrogen) atoms. The molecule has 6 nitrogen and oxygen atoms in total. The lowest BCUT2D eigenvalue weighted by atomic mass is 9.95. The minimum Gasteiger partial charge on any atom is -0.481 e. The second-order valence-corrected chi connectivity index (χ2v) is 7.30. The van der Waals surface area contributed by atoms with Crippen LogP contribution < -0.4 is 10.1 Å². The maximum absolute atomic E-state index is 12.7. The fourth-order valence-electron chi connectivity index (χ4n) is 3.41. The number of hydrogen-bond acceptors (Lipinski definition) is 4. The highest BCUT2D eigenvalue weighted by Crippen LogP contribution is 2.21. The Bertz CT molecular complexity index is 856. The number of rotatable bonds is 6. The van der Waals surface area contributed by atoms with Gasteiger partial charge >= 0.3 is 0 Å². The van der Waals surface area contributed by atoms with Gasteiger partial charge in [-0.05, 0) is 63.1 Å². The van der Waals surface area contributed by atoms with E-state index < -0.39 is 6.10 Å². The largest absolute Gasteiger partial charge is 0.481 e. The molecule has 1 aliphatic heterocycles. The molecule has 1 N–H and O–H groups in total. The van der Waals surface area contributed by atoms with Crippen molar-refractivity contribution >= 4 is 23.3 Å². The summed E-state index contributed by atoms with van der Waals surface area (Å²) >= 11 is 0. The summed E-state index contributed by atoms with van der Waals surface area (Å²) in [6.45, 7) is 4.28. The highest BCUT2D eigenvalue weighted by atomic mass is 16.5. The predicted molar refractivity (Wildman–Crippen MR) is 111 cm³/mol. The van der Waals surface area contributed by atoms with E-state index in [1.54, 1.807) is 36.1 Å². The Kier molecular flexibility index (Phi) is 6.65. The van der Waals surface area contributed by atoms with Crippen molar-refractivity contribution < 1.29 is 19.1 Å². The van der Waals surface area contributed by atoms with Gasteiger partial charge in [0.05, 0.1) is 0 Å². The van der Waals surface area contributed by atoms with Crippen molar-refractivity contribution in [3.05, 3.63) is 60.2 Å². The fraction of sp³-hybridized carbons (Fsp3) is 0.348. The lowest BCUT2D eigenvalue weighted by Gasteiger charge is -2.33. The van der Waals surface area contributed by atoms with Crippen LogP contribution in [0, 0.1) is 5.92 Å². The SMILES string of the molecule is CC(=O)c1ccc(O[C@@H](C)C(=O)N2CCC(C(=O)Nc3ccccc3)CC2)cc1. The molecule has 1 heterocycles. The first-order valence-corrected chi connectivity index (χ1v) is 9.86. The zero-order valence-corrected chi connectivity index (χ0v) is 16.8. The Morgan fingerprint density at radius 3 is 2.21 bits per heavy atom. The standard InChI is InChI=1S/C23H26N2O4/c1-16(26)18-8-10-21(11-9-18)29-17(2)23(28)25-14-12-19(13-15-25)22(27)24-20-6-4-3-5-7-20/h3-11,17,19H,12-15H2,1-2H3,(H,24,27)/t17-/m0/s1. The van der Waals surface area contributed by atoms with Gasteiger partial charge in [0.25, 0.3) is 5.91 Å². The van der Waals surface area contributed by atoms with Gasteiger partial charge in [0.1, 0.15) is 5.75 Å². The number of likely N-dealkylation sites (tertiary alicyclic amines) is 1. The summed E-state index contributed by atoms with van der Waals surface area (Å²) in [5.74, 6) is 0.336. The lowest BCUT2D eigenvalue weighted by molar-refractivity contribution is -0.140. The molecule has 2 aromatic carbocycles. The molecule has 2 amide bonds. The molecule has 0 bridgehead atoms. The minimum absolute atomic E-state index is 0.00171. The third kappa shape index (κ3) is 5.44. The molecular formula is C23H26N2O4. The lowest BCUT2D eigenvalue weighted by Crippen LogP contribution is -2.46. The third-order valence-corrected chi connectivity index (χ3v) is 5.14. The van der Waals surface area contributed by atoms with Crippen LogP contribution in [0.4, 0.5) is 5.69 Å². The van der Waals surface area contributed by atoms with Crippen LogP contribution in [-0.4, -0.2) is 41.7 Å². The number of ether oxygens (including phenoxy) is 1. The van der Waals surface area contributed by atoms with Crippen molar-refractivity contribution in [1.29, 1.82) is 0 Å². The van der Waals surface area contributed by atoms with Crippen LogP contribution in [0.3, 0.4) is 0 Å². The van der Waals surface area contributed by atoms with Gasteiger partial charge < -0.3 is 15.0 Å². The molecule has 3 rings (SSSR count). The molecule has 1 aliphatic rings. The molecule has 1 fully saturated rings. The summed E-state index contributed by atoms with van der Waals surface area (Å²) in [5.41, 5.74) is 1.39. The summed E-state index contributed by atoms with van der Waals surface area (Å²) in [6.07, 6.45) is 0.627. The van der Waals surface area contributed by atoms with Gasteiger partial charge in [0, 0.05) is 30.3 Å². The molecule has 0 saturated carbocycles. The van der Waals surface area contributed by atoms with E-state index in [0.717, 1.165) is 5.69 Å². The molecule has 0 spiro atoms. The number of benzene rings is 2. The van der Waals surface area contributed by atoms with Gasteiger partial charge in [-0.15, -0.1) is 0 Å². The van der Waals surface area contributed by atoms with Gasteiger partial charge in [0.15, 0.2) is 11.9 Å². The maximum Gasteiger partial charge on any atom is 0.263 e. The van der Waals surface area contributed by atoms with E-state index >= 15 is 0 Å². The average molecular weight is 394 g/mol. The number of ketones is 1. The van der Waals surface area contributed by atoms with Crippen LogP contribution >= 0.6 is 0 Å². The number of hydrogen-bond donors (Lipinski definition) is 1. The van der Waals surface area contributed by atoms with Gasteiger partial charge in [-0.2, -0.15) is 0 Å². The normalized spacial score (nSPS) is 15.4. The third-order valence-electron chi connectivity index (χ3n) is 5.14. The van der Waals surface area contributed by atoms with E-state index in [0.29, 0.717) is 37.2 Å². The van der Waals surface area contributed by atoms with Crippen molar-refractivity contribution in [1.82, 2.24) is 4.90 Å². The Balaban J connectivity index is 1.48. The Hall–Kier alpha value is -3.15. The summed E-state index contributed by atoms with van der Waals surface area (Å²) in [4.78, 5) is 38.2. The second-order valence-electron chi connectivity index (χ2n) is 7.30. The van der Waals surface area contributed by atoms with Crippen LogP contribution in [0.15, 0.2) is 54.6 Å². The first-order valence-electron chi connectivity index (χ1n) is 9.86. The minimum atomic E-state index is -0.632. The number of carbonyl (C=O) groups excluding carboxylic acids is 3. The number of nitrogens with one attached hydrogen (secondary N) is 1. The first kappa shape index (κ1) is 20.6. The molecule has 0 aliphatic carbocycles.